The van der Waals surface area contributed by atoms with E-state index < -0.39 is 0 Å². The molecule has 0 aliphatic carbocycles. The Balaban J connectivity index is 1.74. The molecule has 0 amide bonds. The minimum atomic E-state index is -0.212. The summed E-state index contributed by atoms with van der Waals surface area (Å²) in [5.74, 6) is 0.602. The number of likely N-dealkylation sites (N-methyl/N-ethyl adjacent to an activating group) is 1. The lowest BCUT2D eigenvalue weighted by Crippen LogP contribution is -2.49. The van der Waals surface area contributed by atoms with Crippen molar-refractivity contribution in [3.8, 4) is 0 Å². The van der Waals surface area contributed by atoms with Crippen LogP contribution in [0.5, 0.6) is 0 Å². The molecular formula is C18H30FN5. The van der Waals surface area contributed by atoms with E-state index in [2.05, 4.69) is 39.3 Å². The minimum Gasteiger partial charge on any atom is -0.357 e. The minimum absolute atomic E-state index is 0.212. The van der Waals surface area contributed by atoms with Crippen molar-refractivity contribution in [3.05, 3.63) is 35.6 Å². The molecule has 1 fully saturated rings. The number of hydrogen-bond donors (Lipinski definition) is 2. The maximum absolute atomic E-state index is 12.9. The molecule has 5 nitrogen and oxygen atoms in total. The summed E-state index contributed by atoms with van der Waals surface area (Å²) in [6.07, 6.45) is 0. The van der Waals surface area contributed by atoms with E-state index in [1.54, 1.807) is 12.1 Å². The molecule has 6 heteroatoms. The van der Waals surface area contributed by atoms with Gasteiger partial charge in [0.1, 0.15) is 5.82 Å². The smallest absolute Gasteiger partial charge is 0.191 e. The second-order valence-electron chi connectivity index (χ2n) is 6.02. The summed E-state index contributed by atoms with van der Waals surface area (Å²) in [5.41, 5.74) is 1.00. The first-order chi connectivity index (χ1) is 11.7. The molecule has 0 atom stereocenters. The van der Waals surface area contributed by atoms with Crippen LogP contribution in [0.25, 0.3) is 0 Å². The number of aliphatic imine (C=N–C) groups is 1. The molecule has 0 bridgehead atoms. The van der Waals surface area contributed by atoms with E-state index in [4.69, 9.17) is 0 Å². The first kappa shape index (κ1) is 18.7. The third-order valence-corrected chi connectivity index (χ3v) is 4.31. The molecule has 24 heavy (non-hydrogen) atoms. The van der Waals surface area contributed by atoms with Crippen molar-refractivity contribution < 1.29 is 4.39 Å². The Kier molecular flexibility index (Phi) is 7.98. The Morgan fingerprint density at radius 2 is 1.71 bits per heavy atom. The van der Waals surface area contributed by atoms with E-state index in [0.29, 0.717) is 6.54 Å². The van der Waals surface area contributed by atoms with Crippen LogP contribution in [-0.4, -0.2) is 68.1 Å². The Bertz CT molecular complexity index is 495. The standard InChI is InChI=1S/C18H30FN5/c1-3-20-18(22-15-16-5-7-17(19)8-6-16)21-9-10-24-13-11-23(4-2)12-14-24/h5-8H,3-4,9-15H2,1-2H3,(H2,20,21,22). The van der Waals surface area contributed by atoms with Crippen LogP contribution >= 0.6 is 0 Å². The van der Waals surface area contributed by atoms with E-state index in [9.17, 15) is 4.39 Å². The zero-order valence-corrected chi connectivity index (χ0v) is 14.9. The van der Waals surface area contributed by atoms with E-state index in [-0.39, 0.29) is 5.82 Å². The van der Waals surface area contributed by atoms with E-state index in [1.807, 2.05) is 0 Å². The van der Waals surface area contributed by atoms with Crippen LogP contribution in [0, 0.1) is 5.82 Å². The largest absolute Gasteiger partial charge is 0.357 e. The third kappa shape index (κ3) is 6.45. The normalized spacial score (nSPS) is 17.0. The number of nitrogens with one attached hydrogen (secondary N) is 2. The Hall–Kier alpha value is -1.66. The van der Waals surface area contributed by atoms with Crippen molar-refractivity contribution in [2.24, 2.45) is 4.99 Å². The molecule has 1 aliphatic heterocycles. The molecule has 1 aromatic rings. The van der Waals surface area contributed by atoms with Gasteiger partial charge in [0.25, 0.3) is 0 Å². The predicted molar refractivity (Wildman–Crippen MR) is 97.8 cm³/mol. The van der Waals surface area contributed by atoms with Crippen LogP contribution in [0.2, 0.25) is 0 Å². The summed E-state index contributed by atoms with van der Waals surface area (Å²) in [6.45, 7) is 13.3. The number of benzene rings is 1. The van der Waals surface area contributed by atoms with Gasteiger partial charge < -0.3 is 15.5 Å². The van der Waals surface area contributed by atoms with Gasteiger partial charge in [0, 0.05) is 45.8 Å². The van der Waals surface area contributed by atoms with Gasteiger partial charge in [-0.3, -0.25) is 4.90 Å². The average molecular weight is 335 g/mol. The fourth-order valence-electron chi connectivity index (χ4n) is 2.76. The number of piperazine rings is 1. The van der Waals surface area contributed by atoms with Gasteiger partial charge in [0.05, 0.1) is 6.54 Å². The fraction of sp³-hybridized carbons (Fsp3) is 0.611. The summed E-state index contributed by atoms with van der Waals surface area (Å²) in [7, 11) is 0. The monoisotopic (exact) mass is 335 g/mol. The molecule has 0 unspecified atom stereocenters. The highest BCUT2D eigenvalue weighted by molar-refractivity contribution is 5.79. The highest BCUT2D eigenvalue weighted by Crippen LogP contribution is 2.04. The van der Waals surface area contributed by atoms with Gasteiger partial charge in [0.15, 0.2) is 5.96 Å². The molecule has 0 radical (unpaired) electrons. The quantitative estimate of drug-likeness (QED) is 0.586. The van der Waals surface area contributed by atoms with Crippen LogP contribution in [0.3, 0.4) is 0 Å². The van der Waals surface area contributed by atoms with Gasteiger partial charge in [-0.1, -0.05) is 19.1 Å². The molecule has 134 valence electrons. The average Bonchev–Trinajstić information content (AvgIpc) is 2.61. The lowest BCUT2D eigenvalue weighted by atomic mass is 10.2. The van der Waals surface area contributed by atoms with Crippen molar-refractivity contribution in [2.45, 2.75) is 20.4 Å². The zero-order chi connectivity index (χ0) is 17.2. The van der Waals surface area contributed by atoms with E-state index in [0.717, 1.165) is 63.9 Å². The summed E-state index contributed by atoms with van der Waals surface area (Å²) >= 11 is 0. The highest BCUT2D eigenvalue weighted by atomic mass is 19.1. The predicted octanol–water partition coefficient (Wildman–Crippen LogP) is 1.52. The van der Waals surface area contributed by atoms with Crippen LogP contribution < -0.4 is 10.6 Å². The van der Waals surface area contributed by atoms with E-state index >= 15 is 0 Å². The summed E-state index contributed by atoms with van der Waals surface area (Å²) < 4.78 is 12.9. The first-order valence-corrected chi connectivity index (χ1v) is 8.92. The highest BCUT2D eigenvalue weighted by Gasteiger charge is 2.14. The summed E-state index contributed by atoms with van der Waals surface area (Å²) in [5, 5.41) is 6.64. The molecule has 1 saturated heterocycles. The molecule has 1 heterocycles. The van der Waals surface area contributed by atoms with Crippen molar-refractivity contribution in [1.29, 1.82) is 0 Å². The molecule has 2 rings (SSSR count). The molecule has 0 aromatic heterocycles. The Labute approximate surface area is 144 Å². The van der Waals surface area contributed by atoms with Crippen molar-refractivity contribution in [1.82, 2.24) is 20.4 Å². The van der Waals surface area contributed by atoms with Crippen LogP contribution in [0.1, 0.15) is 19.4 Å². The van der Waals surface area contributed by atoms with Crippen molar-refractivity contribution in [2.75, 3.05) is 52.4 Å². The van der Waals surface area contributed by atoms with Gasteiger partial charge in [-0.2, -0.15) is 0 Å². The van der Waals surface area contributed by atoms with Gasteiger partial charge in [-0.05, 0) is 31.2 Å². The van der Waals surface area contributed by atoms with Gasteiger partial charge in [0.2, 0.25) is 0 Å². The Morgan fingerprint density at radius 1 is 1.04 bits per heavy atom. The molecule has 0 saturated carbocycles. The topological polar surface area (TPSA) is 42.9 Å². The summed E-state index contributed by atoms with van der Waals surface area (Å²) in [4.78, 5) is 9.54. The maximum atomic E-state index is 12.9. The van der Waals surface area contributed by atoms with Crippen LogP contribution in [-0.2, 0) is 6.54 Å². The van der Waals surface area contributed by atoms with Gasteiger partial charge in [-0.25, -0.2) is 9.38 Å². The zero-order valence-electron chi connectivity index (χ0n) is 14.9. The first-order valence-electron chi connectivity index (χ1n) is 8.92. The third-order valence-electron chi connectivity index (χ3n) is 4.31. The number of hydrogen-bond acceptors (Lipinski definition) is 3. The number of halogens is 1. The Morgan fingerprint density at radius 3 is 2.33 bits per heavy atom. The van der Waals surface area contributed by atoms with Crippen molar-refractivity contribution in [3.63, 3.8) is 0 Å². The second kappa shape index (κ2) is 10.3. The van der Waals surface area contributed by atoms with Gasteiger partial charge >= 0.3 is 0 Å². The molecule has 1 aliphatic rings. The SMILES string of the molecule is CCNC(=NCc1ccc(F)cc1)NCCN1CCN(CC)CC1. The maximum Gasteiger partial charge on any atom is 0.191 e. The number of guanidine groups is 1. The molecule has 2 N–H and O–H groups in total. The molecular weight excluding hydrogens is 305 g/mol. The molecule has 1 aromatic carbocycles. The summed E-state index contributed by atoms with van der Waals surface area (Å²) in [6, 6.07) is 6.49. The van der Waals surface area contributed by atoms with E-state index in [1.165, 1.54) is 12.1 Å². The van der Waals surface area contributed by atoms with Crippen LogP contribution in [0.4, 0.5) is 4.39 Å². The fourth-order valence-corrected chi connectivity index (χ4v) is 2.76. The van der Waals surface area contributed by atoms with Gasteiger partial charge in [-0.15, -0.1) is 0 Å². The molecule has 0 spiro atoms. The van der Waals surface area contributed by atoms with Crippen molar-refractivity contribution >= 4 is 5.96 Å². The van der Waals surface area contributed by atoms with Crippen LogP contribution in [0.15, 0.2) is 29.3 Å². The number of rotatable bonds is 7. The lowest BCUT2D eigenvalue weighted by molar-refractivity contribution is 0.139. The lowest BCUT2D eigenvalue weighted by Gasteiger charge is -2.34. The number of nitrogens with zero attached hydrogens (tertiary/aromatic N) is 3. The second-order valence-corrected chi connectivity index (χ2v) is 6.02.